The van der Waals surface area contributed by atoms with E-state index in [0.29, 0.717) is 33.1 Å². The molecule has 148 valence electrons. The third kappa shape index (κ3) is 4.63. The lowest BCUT2D eigenvalue weighted by Crippen LogP contribution is -2.27. The van der Waals surface area contributed by atoms with Crippen LogP contribution in [0.5, 0.6) is 5.75 Å². The third-order valence-electron chi connectivity index (χ3n) is 4.04. The number of ether oxygens (including phenoxy) is 1. The first-order chi connectivity index (χ1) is 13.4. The highest BCUT2D eigenvalue weighted by Gasteiger charge is 2.18. The lowest BCUT2D eigenvalue weighted by Gasteiger charge is -2.16. The Morgan fingerprint density at radius 3 is 2.61 bits per heavy atom. The van der Waals surface area contributed by atoms with Gasteiger partial charge in [-0.3, -0.25) is 9.48 Å². The number of benzene rings is 1. The number of hydrogen-bond donors (Lipinski definition) is 0. The molecule has 0 aliphatic rings. The second-order valence-corrected chi connectivity index (χ2v) is 7.30. The number of carbonyl (C=O) groups is 1. The normalized spacial score (nSPS) is 10.9. The second kappa shape index (κ2) is 8.90. The molecule has 0 aliphatic carbocycles. The number of halogens is 3. The molecule has 9 heteroatoms. The van der Waals surface area contributed by atoms with Gasteiger partial charge in [0.25, 0.3) is 5.91 Å². The van der Waals surface area contributed by atoms with E-state index in [1.807, 2.05) is 17.7 Å². The van der Waals surface area contributed by atoms with Crippen molar-refractivity contribution in [1.82, 2.24) is 14.7 Å². The Morgan fingerprint density at radius 1 is 1.21 bits per heavy atom. The quantitative estimate of drug-likeness (QED) is 0.498. The minimum atomic E-state index is -0.238. The second-order valence-electron chi connectivity index (χ2n) is 6.05. The van der Waals surface area contributed by atoms with Gasteiger partial charge in [0.15, 0.2) is 11.5 Å². The molecule has 2 heterocycles. The van der Waals surface area contributed by atoms with E-state index in [0.717, 1.165) is 12.2 Å². The number of carbonyl (C=O) groups excluding carboxylic acids is 1. The fourth-order valence-corrected chi connectivity index (χ4v) is 3.59. The summed E-state index contributed by atoms with van der Waals surface area (Å²) < 4.78 is 13.1. The van der Waals surface area contributed by atoms with E-state index in [1.165, 1.54) is 12.1 Å². The number of nitrogens with zero attached hydrogens (tertiary/aromatic N) is 3. The topological polar surface area (TPSA) is 60.5 Å². The standard InChI is InChI=1S/C19H18Cl3N3O3/c1-3-25-13(6-7-23-25)10-24(2)19(26)17-5-4-14(28-17)11-27-18-15(21)8-12(20)9-16(18)22/h4-9H,3,10-11H2,1-2H3. The maximum atomic E-state index is 12.6. The average molecular weight is 443 g/mol. The number of aryl methyl sites for hydroxylation is 1. The van der Waals surface area contributed by atoms with Crippen molar-refractivity contribution in [2.75, 3.05) is 7.05 Å². The largest absolute Gasteiger partial charge is 0.483 e. The Balaban J connectivity index is 1.64. The van der Waals surface area contributed by atoms with Crippen molar-refractivity contribution >= 4 is 40.7 Å². The summed E-state index contributed by atoms with van der Waals surface area (Å²) in [6, 6.07) is 8.25. The maximum Gasteiger partial charge on any atom is 0.289 e. The summed E-state index contributed by atoms with van der Waals surface area (Å²) >= 11 is 18.1. The minimum Gasteiger partial charge on any atom is -0.483 e. The van der Waals surface area contributed by atoms with Gasteiger partial charge in [-0.05, 0) is 37.3 Å². The fraction of sp³-hybridized carbons (Fsp3) is 0.263. The van der Waals surface area contributed by atoms with E-state index >= 15 is 0 Å². The van der Waals surface area contributed by atoms with Gasteiger partial charge in [-0.25, -0.2) is 0 Å². The first-order valence-electron chi connectivity index (χ1n) is 8.51. The smallest absolute Gasteiger partial charge is 0.289 e. The number of amides is 1. The van der Waals surface area contributed by atoms with E-state index in [9.17, 15) is 4.79 Å². The number of rotatable bonds is 7. The van der Waals surface area contributed by atoms with Crippen LogP contribution >= 0.6 is 34.8 Å². The summed E-state index contributed by atoms with van der Waals surface area (Å²) in [5, 5.41) is 5.22. The van der Waals surface area contributed by atoms with Crippen LogP contribution in [-0.2, 0) is 19.7 Å². The van der Waals surface area contributed by atoms with Gasteiger partial charge < -0.3 is 14.1 Å². The molecule has 0 aliphatic heterocycles. The Hall–Kier alpha value is -2.15. The van der Waals surface area contributed by atoms with Gasteiger partial charge in [0.1, 0.15) is 12.4 Å². The zero-order valence-corrected chi connectivity index (χ0v) is 17.6. The lowest BCUT2D eigenvalue weighted by molar-refractivity contribution is 0.0745. The van der Waals surface area contributed by atoms with Crippen LogP contribution in [0.2, 0.25) is 15.1 Å². The van der Waals surface area contributed by atoms with Crippen LogP contribution in [0.4, 0.5) is 0 Å². The van der Waals surface area contributed by atoms with Crippen LogP contribution in [-0.4, -0.2) is 27.6 Å². The van der Waals surface area contributed by atoms with Crippen molar-refractivity contribution in [2.24, 2.45) is 0 Å². The summed E-state index contributed by atoms with van der Waals surface area (Å²) in [5.74, 6) is 0.758. The molecule has 0 saturated carbocycles. The minimum absolute atomic E-state index is 0.0701. The molecule has 1 amide bonds. The van der Waals surface area contributed by atoms with E-state index in [2.05, 4.69) is 5.10 Å². The van der Waals surface area contributed by atoms with Crippen molar-refractivity contribution in [3.63, 3.8) is 0 Å². The Labute approximate surface area is 177 Å². The molecule has 0 unspecified atom stereocenters. The van der Waals surface area contributed by atoms with Crippen LogP contribution in [0.25, 0.3) is 0 Å². The van der Waals surface area contributed by atoms with Crippen LogP contribution in [0.15, 0.2) is 40.9 Å². The van der Waals surface area contributed by atoms with Crippen molar-refractivity contribution in [3.05, 3.63) is 68.8 Å². The molecule has 0 radical (unpaired) electrons. The van der Waals surface area contributed by atoms with Gasteiger partial charge in [0.2, 0.25) is 0 Å². The summed E-state index contributed by atoms with van der Waals surface area (Å²) in [6.45, 7) is 3.23. The molecule has 0 atom stereocenters. The molecule has 0 spiro atoms. The van der Waals surface area contributed by atoms with Crippen molar-refractivity contribution in [2.45, 2.75) is 26.6 Å². The average Bonchev–Trinajstić information content (AvgIpc) is 3.29. The molecule has 6 nitrogen and oxygen atoms in total. The van der Waals surface area contributed by atoms with E-state index in [1.54, 1.807) is 30.3 Å². The molecule has 2 aromatic heterocycles. The van der Waals surface area contributed by atoms with E-state index < -0.39 is 0 Å². The van der Waals surface area contributed by atoms with Crippen molar-refractivity contribution in [1.29, 1.82) is 0 Å². The van der Waals surface area contributed by atoms with Crippen molar-refractivity contribution in [3.8, 4) is 5.75 Å². The molecule has 0 saturated heterocycles. The first kappa shape index (κ1) is 20.6. The number of furan rings is 1. The number of hydrogen-bond acceptors (Lipinski definition) is 4. The Bertz CT molecular complexity index is 961. The van der Waals surface area contributed by atoms with Crippen LogP contribution in [0, 0.1) is 0 Å². The van der Waals surface area contributed by atoms with Crippen molar-refractivity contribution < 1.29 is 13.9 Å². The van der Waals surface area contributed by atoms with E-state index in [4.69, 9.17) is 44.0 Å². The molecule has 28 heavy (non-hydrogen) atoms. The summed E-state index contributed by atoms with van der Waals surface area (Å²) in [7, 11) is 1.71. The predicted octanol–water partition coefficient (Wildman–Crippen LogP) is 5.31. The molecule has 1 aromatic carbocycles. The summed E-state index contributed by atoms with van der Waals surface area (Å²) in [5.41, 5.74) is 0.945. The predicted molar refractivity (Wildman–Crippen MR) is 108 cm³/mol. The van der Waals surface area contributed by atoms with Gasteiger partial charge in [-0.2, -0.15) is 5.10 Å². The van der Waals surface area contributed by atoms with Crippen LogP contribution in [0.3, 0.4) is 0 Å². The van der Waals surface area contributed by atoms with E-state index in [-0.39, 0.29) is 18.3 Å². The van der Waals surface area contributed by atoms with Crippen LogP contribution < -0.4 is 4.74 Å². The Kier molecular flexibility index (Phi) is 6.54. The monoisotopic (exact) mass is 441 g/mol. The molecular weight excluding hydrogens is 425 g/mol. The maximum absolute atomic E-state index is 12.6. The fourth-order valence-electron chi connectivity index (χ4n) is 2.66. The summed E-state index contributed by atoms with van der Waals surface area (Å²) in [4.78, 5) is 14.2. The van der Waals surface area contributed by atoms with Gasteiger partial charge in [0.05, 0.1) is 22.3 Å². The molecular formula is C19H18Cl3N3O3. The highest BCUT2D eigenvalue weighted by molar-refractivity contribution is 6.40. The highest BCUT2D eigenvalue weighted by atomic mass is 35.5. The lowest BCUT2D eigenvalue weighted by atomic mass is 10.3. The molecule has 3 aromatic rings. The first-order valence-corrected chi connectivity index (χ1v) is 9.64. The highest BCUT2D eigenvalue weighted by Crippen LogP contribution is 2.36. The zero-order valence-electron chi connectivity index (χ0n) is 15.3. The van der Waals surface area contributed by atoms with Gasteiger partial charge in [-0.1, -0.05) is 34.8 Å². The molecule has 0 fully saturated rings. The zero-order chi connectivity index (χ0) is 20.3. The van der Waals surface area contributed by atoms with Crippen LogP contribution in [0.1, 0.15) is 28.9 Å². The SMILES string of the molecule is CCn1nccc1CN(C)C(=O)c1ccc(COc2c(Cl)cc(Cl)cc2Cl)o1. The van der Waals surface area contributed by atoms with Gasteiger partial charge in [0, 0.05) is 24.8 Å². The number of aromatic nitrogens is 2. The molecule has 0 N–H and O–H groups in total. The third-order valence-corrected chi connectivity index (χ3v) is 4.82. The van der Waals surface area contributed by atoms with Gasteiger partial charge in [-0.15, -0.1) is 0 Å². The molecule has 3 rings (SSSR count). The van der Waals surface area contributed by atoms with Gasteiger partial charge >= 0.3 is 0 Å². The Morgan fingerprint density at radius 2 is 1.93 bits per heavy atom. The summed E-state index contributed by atoms with van der Waals surface area (Å²) in [6.07, 6.45) is 1.71. The molecule has 0 bridgehead atoms.